The Morgan fingerprint density at radius 3 is 2.68 bits per heavy atom. The van der Waals surface area contributed by atoms with Gasteiger partial charge in [0.1, 0.15) is 11.3 Å². The molecule has 0 saturated carbocycles. The van der Waals surface area contributed by atoms with Crippen molar-refractivity contribution in [2.75, 3.05) is 7.11 Å². The molecule has 0 N–H and O–H groups in total. The zero-order chi connectivity index (χ0) is 19.5. The quantitative estimate of drug-likeness (QED) is 0.443. The van der Waals surface area contributed by atoms with Gasteiger partial charge in [-0.05, 0) is 60.2 Å². The molecule has 1 aromatic carbocycles. The van der Waals surface area contributed by atoms with Crippen molar-refractivity contribution in [3.05, 3.63) is 87.8 Å². The minimum Gasteiger partial charge on any atom is -0.372 e. The fourth-order valence-electron chi connectivity index (χ4n) is 3.64. The lowest BCUT2D eigenvalue weighted by atomic mass is 9.97. The molecule has 0 bridgehead atoms. The first-order chi connectivity index (χ1) is 13.7. The lowest BCUT2D eigenvalue weighted by Gasteiger charge is -2.18. The Hall–Kier alpha value is -2.20. The topological polar surface area (TPSA) is 35.0 Å². The molecule has 3 nitrogen and oxygen atoms in total. The molecule has 4 rings (SSSR count). The third-order valence-electron chi connectivity index (χ3n) is 5.02. The van der Waals surface area contributed by atoms with Crippen molar-refractivity contribution in [2.24, 2.45) is 0 Å². The van der Waals surface area contributed by atoms with Crippen LogP contribution in [-0.4, -0.2) is 17.1 Å². The lowest BCUT2D eigenvalue weighted by Crippen LogP contribution is -2.04. The van der Waals surface area contributed by atoms with Crippen LogP contribution in [0.1, 0.15) is 42.1 Å². The molecule has 0 radical (unpaired) electrons. The molecule has 1 atom stereocenters. The second kappa shape index (κ2) is 8.44. The van der Waals surface area contributed by atoms with Gasteiger partial charge >= 0.3 is 0 Å². The normalized spacial score (nSPS) is 15.3. The van der Waals surface area contributed by atoms with Gasteiger partial charge in [-0.3, -0.25) is 4.98 Å². The molecule has 2 heterocycles. The minimum absolute atomic E-state index is 0.206. The van der Waals surface area contributed by atoms with Crippen LogP contribution < -0.4 is 0 Å². The highest BCUT2D eigenvalue weighted by molar-refractivity contribution is 6.40. The van der Waals surface area contributed by atoms with Crippen LogP contribution in [0.15, 0.2) is 61.0 Å². The number of allylic oxidation sites excluding steroid dienone is 4. The molecule has 0 saturated heterocycles. The summed E-state index contributed by atoms with van der Waals surface area (Å²) in [7, 11) is 1.70. The van der Waals surface area contributed by atoms with Crippen molar-refractivity contribution >= 4 is 39.7 Å². The van der Waals surface area contributed by atoms with E-state index in [9.17, 15) is 0 Å². The van der Waals surface area contributed by atoms with Gasteiger partial charge in [0.25, 0.3) is 0 Å². The first kappa shape index (κ1) is 19.1. The molecule has 1 aliphatic carbocycles. The number of hydrogen-bond acceptors (Lipinski definition) is 3. The van der Waals surface area contributed by atoms with Gasteiger partial charge in [-0.1, -0.05) is 47.5 Å². The van der Waals surface area contributed by atoms with E-state index in [1.807, 2.05) is 30.3 Å². The summed E-state index contributed by atoms with van der Waals surface area (Å²) in [5, 5.41) is 1.97. The Labute approximate surface area is 174 Å². The fraction of sp³-hybridized carbons (Fsp3) is 0.217. The van der Waals surface area contributed by atoms with Gasteiger partial charge in [0.05, 0.1) is 10.5 Å². The highest BCUT2D eigenvalue weighted by Crippen LogP contribution is 2.39. The Morgan fingerprint density at radius 2 is 1.89 bits per heavy atom. The number of ether oxygens (including phenoxy) is 1. The maximum Gasteiger partial charge on any atom is 0.138 e. The summed E-state index contributed by atoms with van der Waals surface area (Å²) in [6.45, 7) is 0. The van der Waals surface area contributed by atoms with Crippen LogP contribution in [-0.2, 0) is 4.74 Å². The Balaban J connectivity index is 1.85. The average molecular weight is 411 g/mol. The fourth-order valence-corrected chi connectivity index (χ4v) is 4.35. The summed E-state index contributed by atoms with van der Waals surface area (Å²) < 4.78 is 5.76. The molecule has 0 fully saturated rings. The number of fused-ring (bicyclic) bond motifs is 1. The Bertz CT molecular complexity index is 1060. The monoisotopic (exact) mass is 410 g/mol. The van der Waals surface area contributed by atoms with Gasteiger partial charge in [0, 0.05) is 30.5 Å². The number of methoxy groups -OCH3 is 1. The number of pyridine rings is 2. The van der Waals surface area contributed by atoms with E-state index in [1.54, 1.807) is 19.5 Å². The van der Waals surface area contributed by atoms with Crippen molar-refractivity contribution in [1.82, 2.24) is 9.97 Å². The van der Waals surface area contributed by atoms with E-state index in [-0.39, 0.29) is 6.10 Å². The number of hydrogen-bond donors (Lipinski definition) is 0. The SMILES string of the molecule is COC(c1ccncc1)c1ccc2nc(Cl)c(C3=CC=CCCC3)c(Cl)c2c1. The van der Waals surface area contributed by atoms with Crippen molar-refractivity contribution in [3.8, 4) is 0 Å². The van der Waals surface area contributed by atoms with E-state index in [2.05, 4.69) is 28.2 Å². The highest BCUT2D eigenvalue weighted by atomic mass is 35.5. The number of benzene rings is 1. The van der Waals surface area contributed by atoms with Gasteiger partial charge in [-0.15, -0.1) is 0 Å². The van der Waals surface area contributed by atoms with E-state index >= 15 is 0 Å². The summed E-state index contributed by atoms with van der Waals surface area (Å²) in [5.74, 6) is 0. The van der Waals surface area contributed by atoms with Crippen molar-refractivity contribution in [2.45, 2.75) is 25.4 Å². The number of aromatic nitrogens is 2. The van der Waals surface area contributed by atoms with E-state index in [0.29, 0.717) is 10.2 Å². The van der Waals surface area contributed by atoms with Gasteiger partial charge in [0.15, 0.2) is 0 Å². The maximum atomic E-state index is 6.86. The minimum atomic E-state index is -0.206. The van der Waals surface area contributed by atoms with Gasteiger partial charge in [-0.2, -0.15) is 0 Å². The summed E-state index contributed by atoms with van der Waals surface area (Å²) in [5.41, 5.74) is 4.77. The third-order valence-corrected chi connectivity index (χ3v) is 5.69. The predicted octanol–water partition coefficient (Wildman–Crippen LogP) is 6.80. The molecule has 0 amide bonds. The van der Waals surface area contributed by atoms with Crippen molar-refractivity contribution < 1.29 is 4.74 Å². The standard InChI is InChI=1S/C23H20Cl2N2O/c1-28-22(16-10-12-26-13-11-16)17-8-9-19-18(14-17)21(24)20(23(25)27-19)15-6-4-2-3-5-7-15/h2,4,6,8-14,22H,3,5,7H2,1H3. The molecule has 0 spiro atoms. The smallest absolute Gasteiger partial charge is 0.138 e. The number of nitrogens with zero attached hydrogens (tertiary/aromatic N) is 2. The molecule has 142 valence electrons. The average Bonchev–Trinajstić information content (AvgIpc) is 2.99. The molecule has 1 aliphatic rings. The molecule has 1 unspecified atom stereocenters. The van der Waals surface area contributed by atoms with E-state index < -0.39 is 0 Å². The van der Waals surface area contributed by atoms with Crippen molar-refractivity contribution in [3.63, 3.8) is 0 Å². The number of rotatable bonds is 4. The molecule has 0 aliphatic heterocycles. The third kappa shape index (κ3) is 3.70. The van der Waals surface area contributed by atoms with Crippen LogP contribution >= 0.6 is 23.2 Å². The Kier molecular flexibility index (Phi) is 5.77. The first-order valence-corrected chi connectivity index (χ1v) is 10.0. The van der Waals surface area contributed by atoms with E-state index in [4.69, 9.17) is 27.9 Å². The van der Waals surface area contributed by atoms with Gasteiger partial charge in [-0.25, -0.2) is 4.98 Å². The van der Waals surface area contributed by atoms with E-state index in [1.165, 1.54) is 0 Å². The first-order valence-electron chi connectivity index (χ1n) is 9.26. The molecule has 2 aromatic heterocycles. The van der Waals surface area contributed by atoms with E-state index in [0.717, 1.165) is 52.4 Å². The van der Waals surface area contributed by atoms with Crippen LogP contribution in [0, 0.1) is 0 Å². The van der Waals surface area contributed by atoms with Crippen LogP contribution in [0.5, 0.6) is 0 Å². The molecule has 5 heteroatoms. The van der Waals surface area contributed by atoms with Crippen LogP contribution in [0.3, 0.4) is 0 Å². The largest absolute Gasteiger partial charge is 0.372 e. The lowest BCUT2D eigenvalue weighted by molar-refractivity contribution is 0.136. The molecule has 28 heavy (non-hydrogen) atoms. The van der Waals surface area contributed by atoms with Crippen LogP contribution in [0.2, 0.25) is 10.2 Å². The highest BCUT2D eigenvalue weighted by Gasteiger charge is 2.19. The zero-order valence-corrected chi connectivity index (χ0v) is 17.0. The zero-order valence-electron chi connectivity index (χ0n) is 15.5. The maximum absolute atomic E-state index is 6.86. The second-order valence-electron chi connectivity index (χ2n) is 6.78. The van der Waals surface area contributed by atoms with Crippen LogP contribution in [0.4, 0.5) is 0 Å². The molecular formula is C23H20Cl2N2O. The summed E-state index contributed by atoms with van der Waals surface area (Å²) in [4.78, 5) is 8.69. The molecule has 3 aromatic rings. The van der Waals surface area contributed by atoms with Gasteiger partial charge in [0.2, 0.25) is 0 Å². The second-order valence-corrected chi connectivity index (χ2v) is 7.51. The number of halogens is 2. The van der Waals surface area contributed by atoms with Crippen LogP contribution in [0.25, 0.3) is 16.5 Å². The van der Waals surface area contributed by atoms with Gasteiger partial charge < -0.3 is 4.74 Å². The predicted molar refractivity (Wildman–Crippen MR) is 116 cm³/mol. The summed E-state index contributed by atoms with van der Waals surface area (Å²) in [6.07, 6.45) is 12.7. The summed E-state index contributed by atoms with van der Waals surface area (Å²) >= 11 is 13.4. The van der Waals surface area contributed by atoms with Crippen molar-refractivity contribution in [1.29, 1.82) is 0 Å². The Morgan fingerprint density at radius 1 is 1.07 bits per heavy atom. The summed E-state index contributed by atoms with van der Waals surface area (Å²) in [6, 6.07) is 9.90. The molecular weight excluding hydrogens is 391 g/mol.